The lowest BCUT2D eigenvalue weighted by atomic mass is 10.1. The third-order valence-corrected chi connectivity index (χ3v) is 3.24. The monoisotopic (exact) mass is 297 g/mol. The number of carbonyl (C=O) groups is 1. The highest BCUT2D eigenvalue weighted by atomic mass is 32.2. The fraction of sp³-hybridized carbons (Fsp3) is 0.571. The first-order chi connectivity index (χ1) is 9.47. The second-order valence-electron chi connectivity index (χ2n) is 4.62. The van der Waals surface area contributed by atoms with E-state index in [0.29, 0.717) is 6.61 Å². The summed E-state index contributed by atoms with van der Waals surface area (Å²) in [5.41, 5.74) is 1.78. The van der Waals surface area contributed by atoms with Gasteiger partial charge in [0.25, 0.3) is 0 Å². The molecule has 0 aromatic heterocycles. The quantitative estimate of drug-likeness (QED) is 0.580. The standard InChI is InChI=1S/C14H23N3O2S/c1-6-19-12(18)8-7-11-10(4)16-14(20-5)17-13(11)15-9(2)3/h7-9,14-15,17H,6H2,1-5H3/b8-7+. The zero-order chi connectivity index (χ0) is 15.1. The summed E-state index contributed by atoms with van der Waals surface area (Å²) in [6.45, 7) is 8.23. The Morgan fingerprint density at radius 1 is 1.60 bits per heavy atom. The number of hydrogen-bond donors (Lipinski definition) is 2. The summed E-state index contributed by atoms with van der Waals surface area (Å²) in [5.74, 6) is 0.552. The largest absolute Gasteiger partial charge is 0.463 e. The molecule has 5 nitrogen and oxygen atoms in total. The highest BCUT2D eigenvalue weighted by molar-refractivity contribution is 7.99. The predicted octanol–water partition coefficient (Wildman–Crippen LogP) is 2.03. The van der Waals surface area contributed by atoms with Gasteiger partial charge in [-0.1, -0.05) is 0 Å². The van der Waals surface area contributed by atoms with Gasteiger partial charge in [-0.05, 0) is 40.0 Å². The molecule has 0 spiro atoms. The van der Waals surface area contributed by atoms with Crippen LogP contribution in [0.4, 0.5) is 0 Å². The Balaban J connectivity index is 2.97. The molecular formula is C14H23N3O2S. The lowest BCUT2D eigenvalue weighted by Gasteiger charge is -2.27. The number of nitrogens with one attached hydrogen (secondary N) is 2. The average Bonchev–Trinajstić information content (AvgIpc) is 2.37. The molecule has 0 aliphatic carbocycles. The fourth-order valence-electron chi connectivity index (χ4n) is 1.73. The molecule has 1 aliphatic heterocycles. The van der Waals surface area contributed by atoms with E-state index in [1.807, 2.05) is 13.2 Å². The Bertz CT molecular complexity index is 442. The maximum absolute atomic E-state index is 11.4. The lowest BCUT2D eigenvalue weighted by molar-refractivity contribution is -0.137. The van der Waals surface area contributed by atoms with Gasteiger partial charge < -0.3 is 15.4 Å². The third kappa shape index (κ3) is 4.92. The van der Waals surface area contributed by atoms with Gasteiger partial charge in [-0.2, -0.15) is 0 Å². The van der Waals surface area contributed by atoms with Crippen LogP contribution in [0.25, 0.3) is 0 Å². The maximum Gasteiger partial charge on any atom is 0.330 e. The molecule has 20 heavy (non-hydrogen) atoms. The Morgan fingerprint density at radius 3 is 2.85 bits per heavy atom. The van der Waals surface area contributed by atoms with Crippen LogP contribution in [0.1, 0.15) is 27.7 Å². The van der Waals surface area contributed by atoms with Gasteiger partial charge in [-0.3, -0.25) is 4.99 Å². The lowest BCUT2D eigenvalue weighted by Crippen LogP contribution is -2.40. The molecule has 6 heteroatoms. The van der Waals surface area contributed by atoms with Crippen molar-refractivity contribution in [3.05, 3.63) is 23.5 Å². The SMILES string of the molecule is CCOC(=O)/C=C/C1=C(NC(C)C)NC(SC)N=C1C. The summed E-state index contributed by atoms with van der Waals surface area (Å²) in [4.78, 5) is 16.0. The number of carbonyl (C=O) groups excluding carboxylic acids is 1. The molecule has 0 saturated carbocycles. The van der Waals surface area contributed by atoms with Crippen LogP contribution >= 0.6 is 11.8 Å². The number of thioether (sulfide) groups is 1. The summed E-state index contributed by atoms with van der Waals surface area (Å²) in [6, 6.07) is 0.289. The zero-order valence-corrected chi connectivity index (χ0v) is 13.5. The summed E-state index contributed by atoms with van der Waals surface area (Å²) >= 11 is 1.63. The second-order valence-corrected chi connectivity index (χ2v) is 5.54. The minimum Gasteiger partial charge on any atom is -0.463 e. The zero-order valence-electron chi connectivity index (χ0n) is 12.7. The molecule has 1 rings (SSSR count). The Morgan fingerprint density at radius 2 is 2.30 bits per heavy atom. The van der Waals surface area contributed by atoms with Crippen molar-refractivity contribution in [2.24, 2.45) is 4.99 Å². The number of aliphatic imine (C=N–C) groups is 1. The highest BCUT2D eigenvalue weighted by Gasteiger charge is 2.19. The fourth-order valence-corrected chi connectivity index (χ4v) is 2.22. The van der Waals surface area contributed by atoms with Crippen LogP contribution in [0.5, 0.6) is 0 Å². The van der Waals surface area contributed by atoms with Gasteiger partial charge in [-0.25, -0.2) is 4.79 Å². The molecule has 1 aliphatic rings. The Kier molecular flexibility index (Phi) is 6.64. The van der Waals surface area contributed by atoms with E-state index in [-0.39, 0.29) is 17.5 Å². The predicted molar refractivity (Wildman–Crippen MR) is 84.6 cm³/mol. The van der Waals surface area contributed by atoms with Crippen molar-refractivity contribution in [1.82, 2.24) is 10.6 Å². The van der Waals surface area contributed by atoms with E-state index in [1.54, 1.807) is 24.8 Å². The summed E-state index contributed by atoms with van der Waals surface area (Å²) < 4.78 is 4.89. The van der Waals surface area contributed by atoms with Gasteiger partial charge in [0.05, 0.1) is 6.61 Å². The Hall–Kier alpha value is -1.43. The average molecular weight is 297 g/mol. The first-order valence-corrected chi connectivity index (χ1v) is 7.96. The summed E-state index contributed by atoms with van der Waals surface area (Å²) in [5, 5.41) is 6.66. The van der Waals surface area contributed by atoms with Crippen molar-refractivity contribution in [2.75, 3.05) is 12.9 Å². The van der Waals surface area contributed by atoms with Gasteiger partial charge in [0.2, 0.25) is 0 Å². The van der Waals surface area contributed by atoms with E-state index in [4.69, 9.17) is 4.74 Å². The van der Waals surface area contributed by atoms with Crippen LogP contribution in [0.3, 0.4) is 0 Å². The van der Waals surface area contributed by atoms with Crippen molar-refractivity contribution in [3.8, 4) is 0 Å². The summed E-state index contributed by atoms with van der Waals surface area (Å²) in [7, 11) is 0. The molecule has 1 unspecified atom stereocenters. The van der Waals surface area contributed by atoms with E-state index in [9.17, 15) is 4.79 Å². The van der Waals surface area contributed by atoms with Crippen molar-refractivity contribution in [1.29, 1.82) is 0 Å². The molecular weight excluding hydrogens is 274 g/mol. The number of rotatable bonds is 6. The van der Waals surface area contributed by atoms with Crippen LogP contribution in [0.2, 0.25) is 0 Å². The number of esters is 1. The second kappa shape index (κ2) is 7.99. The van der Waals surface area contributed by atoms with Gasteiger partial charge in [0.15, 0.2) is 5.50 Å². The molecule has 0 bridgehead atoms. The minimum atomic E-state index is -0.344. The van der Waals surface area contributed by atoms with Gasteiger partial charge in [-0.15, -0.1) is 11.8 Å². The highest BCUT2D eigenvalue weighted by Crippen LogP contribution is 2.18. The molecule has 0 radical (unpaired) electrons. The Labute approximate surface area is 124 Å². The number of ether oxygens (including phenoxy) is 1. The molecule has 0 amide bonds. The first kappa shape index (κ1) is 16.6. The van der Waals surface area contributed by atoms with Crippen LogP contribution in [-0.2, 0) is 9.53 Å². The molecule has 0 aromatic carbocycles. The van der Waals surface area contributed by atoms with E-state index in [1.165, 1.54) is 6.08 Å². The number of allylic oxidation sites excluding steroid dienone is 2. The third-order valence-electron chi connectivity index (χ3n) is 2.57. The van der Waals surface area contributed by atoms with Crippen molar-refractivity contribution < 1.29 is 9.53 Å². The molecule has 1 heterocycles. The normalized spacial score (nSPS) is 19.1. The van der Waals surface area contributed by atoms with Gasteiger partial charge in [0, 0.05) is 23.4 Å². The van der Waals surface area contributed by atoms with Crippen LogP contribution in [-0.4, -0.2) is 36.1 Å². The molecule has 0 aromatic rings. The molecule has 112 valence electrons. The number of nitrogens with zero attached hydrogens (tertiary/aromatic N) is 1. The molecule has 0 fully saturated rings. The van der Waals surface area contributed by atoms with Crippen LogP contribution in [0.15, 0.2) is 28.5 Å². The number of hydrogen-bond acceptors (Lipinski definition) is 6. The smallest absolute Gasteiger partial charge is 0.330 e. The van der Waals surface area contributed by atoms with Crippen molar-refractivity contribution in [3.63, 3.8) is 0 Å². The van der Waals surface area contributed by atoms with Crippen LogP contribution < -0.4 is 10.6 Å². The molecule has 0 saturated heterocycles. The van der Waals surface area contributed by atoms with Crippen molar-refractivity contribution >= 4 is 23.4 Å². The summed E-state index contributed by atoms with van der Waals surface area (Å²) in [6.07, 6.45) is 5.17. The maximum atomic E-state index is 11.4. The minimum absolute atomic E-state index is 0.00371. The van der Waals surface area contributed by atoms with Gasteiger partial charge in [0.1, 0.15) is 5.82 Å². The first-order valence-electron chi connectivity index (χ1n) is 6.67. The van der Waals surface area contributed by atoms with E-state index < -0.39 is 0 Å². The topological polar surface area (TPSA) is 62.7 Å². The molecule has 2 N–H and O–H groups in total. The van der Waals surface area contributed by atoms with E-state index >= 15 is 0 Å². The van der Waals surface area contributed by atoms with Crippen LogP contribution in [0, 0.1) is 0 Å². The van der Waals surface area contributed by atoms with E-state index in [0.717, 1.165) is 17.1 Å². The van der Waals surface area contributed by atoms with E-state index in [2.05, 4.69) is 29.5 Å². The van der Waals surface area contributed by atoms with Crippen molar-refractivity contribution in [2.45, 2.75) is 39.2 Å². The molecule has 1 atom stereocenters. The van der Waals surface area contributed by atoms with Gasteiger partial charge >= 0.3 is 5.97 Å².